The van der Waals surface area contributed by atoms with Crippen LogP contribution in [-0.4, -0.2) is 18.4 Å². The van der Waals surface area contributed by atoms with Crippen molar-refractivity contribution in [3.63, 3.8) is 0 Å². The molecular weight excluding hydrogens is 342 g/mol. The number of benzene rings is 1. The molecule has 2 aromatic rings. The molecule has 1 atom stereocenters. The van der Waals surface area contributed by atoms with Gasteiger partial charge in [0.15, 0.2) is 11.5 Å². The quantitative estimate of drug-likeness (QED) is 0.865. The molecule has 1 unspecified atom stereocenters. The molecular formula is C14H14BrNO3S. The highest BCUT2D eigenvalue weighted by molar-refractivity contribution is 9.10. The van der Waals surface area contributed by atoms with E-state index in [-0.39, 0.29) is 6.79 Å². The maximum atomic E-state index is 10.2. The van der Waals surface area contributed by atoms with E-state index < -0.39 is 6.10 Å². The van der Waals surface area contributed by atoms with Crippen LogP contribution in [0, 0.1) is 0 Å². The Hall–Kier alpha value is -1.08. The molecule has 1 aromatic heterocycles. The van der Waals surface area contributed by atoms with Crippen LogP contribution in [-0.2, 0) is 6.54 Å². The maximum Gasteiger partial charge on any atom is 0.231 e. The van der Waals surface area contributed by atoms with Gasteiger partial charge >= 0.3 is 0 Å². The first-order valence-corrected chi connectivity index (χ1v) is 7.91. The van der Waals surface area contributed by atoms with E-state index in [4.69, 9.17) is 9.47 Å². The molecule has 6 heteroatoms. The number of fused-ring (bicyclic) bond motifs is 1. The van der Waals surface area contributed by atoms with Crippen molar-refractivity contribution in [1.82, 2.24) is 5.32 Å². The number of nitrogens with one attached hydrogen (secondary N) is 1. The largest absolute Gasteiger partial charge is 0.454 e. The molecule has 3 rings (SSSR count). The van der Waals surface area contributed by atoms with Crippen molar-refractivity contribution in [3.05, 3.63) is 44.6 Å². The van der Waals surface area contributed by atoms with Crippen molar-refractivity contribution < 1.29 is 14.6 Å². The summed E-state index contributed by atoms with van der Waals surface area (Å²) in [6, 6.07) is 7.60. The summed E-state index contributed by atoms with van der Waals surface area (Å²) >= 11 is 5.11. The fourth-order valence-electron chi connectivity index (χ4n) is 2.02. The van der Waals surface area contributed by atoms with E-state index in [0.29, 0.717) is 12.3 Å². The highest BCUT2D eigenvalue weighted by Crippen LogP contribution is 2.34. The van der Waals surface area contributed by atoms with E-state index in [9.17, 15) is 5.11 Å². The Labute approximate surface area is 129 Å². The third-order valence-electron chi connectivity index (χ3n) is 3.04. The Morgan fingerprint density at radius 2 is 2.15 bits per heavy atom. The fraction of sp³-hybridized carbons (Fsp3) is 0.286. The van der Waals surface area contributed by atoms with E-state index in [1.807, 2.05) is 23.6 Å². The van der Waals surface area contributed by atoms with Gasteiger partial charge in [-0.05, 0) is 39.7 Å². The molecule has 0 fully saturated rings. The Morgan fingerprint density at radius 3 is 2.95 bits per heavy atom. The van der Waals surface area contributed by atoms with Crippen LogP contribution in [0.5, 0.6) is 11.5 Å². The van der Waals surface area contributed by atoms with E-state index in [2.05, 4.69) is 27.3 Å². The number of hydrogen-bond donors (Lipinski definition) is 2. The van der Waals surface area contributed by atoms with Crippen molar-refractivity contribution in [3.8, 4) is 11.5 Å². The average molecular weight is 356 g/mol. The number of aliphatic hydroxyl groups excluding tert-OH is 1. The zero-order valence-electron chi connectivity index (χ0n) is 10.6. The van der Waals surface area contributed by atoms with Crippen molar-refractivity contribution in [2.45, 2.75) is 12.6 Å². The van der Waals surface area contributed by atoms with Crippen LogP contribution in [0.1, 0.15) is 16.5 Å². The van der Waals surface area contributed by atoms with Gasteiger partial charge in [0.1, 0.15) is 0 Å². The van der Waals surface area contributed by atoms with Gasteiger partial charge in [0.05, 0.1) is 6.10 Å². The topological polar surface area (TPSA) is 50.7 Å². The lowest BCUT2D eigenvalue weighted by molar-refractivity contribution is 0.170. The van der Waals surface area contributed by atoms with Crippen LogP contribution in [0.4, 0.5) is 0 Å². The highest BCUT2D eigenvalue weighted by Gasteiger charge is 2.16. The third-order valence-corrected chi connectivity index (χ3v) is 4.74. The molecule has 106 valence electrons. The molecule has 2 heterocycles. The smallest absolute Gasteiger partial charge is 0.231 e. The van der Waals surface area contributed by atoms with Gasteiger partial charge in [0, 0.05) is 27.8 Å². The van der Waals surface area contributed by atoms with Crippen LogP contribution >= 0.6 is 27.3 Å². The van der Waals surface area contributed by atoms with Gasteiger partial charge in [0.2, 0.25) is 6.79 Å². The lowest BCUT2D eigenvalue weighted by atomic mass is 10.1. The molecule has 0 saturated heterocycles. The summed E-state index contributed by atoms with van der Waals surface area (Å²) < 4.78 is 11.7. The normalized spacial score (nSPS) is 14.5. The number of aliphatic hydroxyl groups is 1. The summed E-state index contributed by atoms with van der Waals surface area (Å²) in [4.78, 5) is 1.23. The zero-order valence-corrected chi connectivity index (χ0v) is 13.0. The number of hydrogen-bond acceptors (Lipinski definition) is 5. The molecule has 0 spiro atoms. The van der Waals surface area contributed by atoms with Gasteiger partial charge in [-0.25, -0.2) is 0 Å². The maximum absolute atomic E-state index is 10.2. The summed E-state index contributed by atoms with van der Waals surface area (Å²) in [5.41, 5.74) is 0.828. The van der Waals surface area contributed by atoms with E-state index in [1.165, 1.54) is 4.88 Å². The Kier molecular flexibility index (Phi) is 4.26. The van der Waals surface area contributed by atoms with Gasteiger partial charge in [-0.2, -0.15) is 0 Å². The Balaban J connectivity index is 1.55. The summed E-state index contributed by atoms with van der Waals surface area (Å²) in [7, 11) is 0. The molecule has 4 nitrogen and oxygen atoms in total. The van der Waals surface area contributed by atoms with E-state index >= 15 is 0 Å². The minimum absolute atomic E-state index is 0.250. The first-order valence-electron chi connectivity index (χ1n) is 6.23. The van der Waals surface area contributed by atoms with Crippen LogP contribution in [0.15, 0.2) is 34.1 Å². The SMILES string of the molecule is OC(CNCc1cc(Br)cs1)c1ccc2c(c1)OCO2. The molecule has 1 aromatic carbocycles. The highest BCUT2D eigenvalue weighted by atomic mass is 79.9. The van der Waals surface area contributed by atoms with Crippen molar-refractivity contribution in [1.29, 1.82) is 0 Å². The number of rotatable bonds is 5. The van der Waals surface area contributed by atoms with Gasteiger partial charge in [-0.3, -0.25) is 0 Å². The Morgan fingerprint density at radius 1 is 1.30 bits per heavy atom. The predicted octanol–water partition coefficient (Wildman–Crippen LogP) is 3.06. The molecule has 0 saturated carbocycles. The fourth-order valence-corrected chi connectivity index (χ4v) is 3.44. The molecule has 20 heavy (non-hydrogen) atoms. The summed E-state index contributed by atoms with van der Waals surface area (Å²) in [5.74, 6) is 1.43. The van der Waals surface area contributed by atoms with E-state index in [1.54, 1.807) is 11.3 Å². The standard InChI is InChI=1S/C14H14BrNO3S/c15-10-4-11(20-7-10)5-16-6-12(17)9-1-2-13-14(3-9)19-8-18-13/h1-4,7,12,16-17H,5-6,8H2. The number of ether oxygens (including phenoxy) is 2. The second kappa shape index (κ2) is 6.13. The van der Waals surface area contributed by atoms with Gasteiger partial charge < -0.3 is 19.9 Å². The van der Waals surface area contributed by atoms with Crippen LogP contribution in [0.3, 0.4) is 0 Å². The third kappa shape index (κ3) is 3.15. The molecule has 1 aliphatic heterocycles. The monoisotopic (exact) mass is 355 g/mol. The lowest BCUT2D eigenvalue weighted by Gasteiger charge is -2.12. The van der Waals surface area contributed by atoms with Crippen LogP contribution in [0.2, 0.25) is 0 Å². The van der Waals surface area contributed by atoms with Gasteiger partial charge in [0.25, 0.3) is 0 Å². The Bertz CT molecular complexity index is 602. The average Bonchev–Trinajstić information content (AvgIpc) is 3.06. The van der Waals surface area contributed by atoms with Gasteiger partial charge in [-0.15, -0.1) is 11.3 Å². The first kappa shape index (κ1) is 13.9. The lowest BCUT2D eigenvalue weighted by Crippen LogP contribution is -2.20. The zero-order chi connectivity index (χ0) is 13.9. The van der Waals surface area contributed by atoms with Crippen LogP contribution < -0.4 is 14.8 Å². The van der Waals surface area contributed by atoms with Crippen molar-refractivity contribution >= 4 is 27.3 Å². The van der Waals surface area contributed by atoms with Gasteiger partial charge in [-0.1, -0.05) is 6.07 Å². The summed E-state index contributed by atoms with van der Waals surface area (Å²) in [5, 5.41) is 15.5. The summed E-state index contributed by atoms with van der Waals surface area (Å²) in [6.45, 7) is 1.49. The predicted molar refractivity (Wildman–Crippen MR) is 81.3 cm³/mol. The molecule has 0 aliphatic carbocycles. The van der Waals surface area contributed by atoms with E-state index in [0.717, 1.165) is 22.3 Å². The molecule has 0 radical (unpaired) electrons. The molecule has 0 amide bonds. The van der Waals surface area contributed by atoms with Crippen LogP contribution in [0.25, 0.3) is 0 Å². The number of thiophene rings is 1. The number of halogens is 1. The second-order valence-electron chi connectivity index (χ2n) is 4.49. The minimum atomic E-state index is -0.562. The van der Waals surface area contributed by atoms with Crippen molar-refractivity contribution in [2.24, 2.45) is 0 Å². The molecule has 2 N–H and O–H groups in total. The first-order chi connectivity index (χ1) is 9.72. The summed E-state index contributed by atoms with van der Waals surface area (Å²) in [6.07, 6.45) is -0.562. The molecule has 0 bridgehead atoms. The molecule has 1 aliphatic rings. The minimum Gasteiger partial charge on any atom is -0.454 e. The second-order valence-corrected chi connectivity index (χ2v) is 6.40. The van der Waals surface area contributed by atoms with Crippen molar-refractivity contribution in [2.75, 3.05) is 13.3 Å².